The van der Waals surface area contributed by atoms with Gasteiger partial charge in [0.05, 0.1) is 12.6 Å². The Morgan fingerprint density at radius 3 is 2.38 bits per heavy atom. The van der Waals surface area contributed by atoms with Gasteiger partial charge in [-0.05, 0) is 46.2 Å². The van der Waals surface area contributed by atoms with Crippen LogP contribution in [-0.2, 0) is 4.57 Å². The van der Waals surface area contributed by atoms with Crippen molar-refractivity contribution in [1.82, 2.24) is 9.97 Å². The zero-order valence-corrected chi connectivity index (χ0v) is 18.0. The van der Waals surface area contributed by atoms with Crippen molar-refractivity contribution in [1.29, 1.82) is 0 Å². The summed E-state index contributed by atoms with van der Waals surface area (Å²) in [5, 5.41) is 2.88. The number of hydrogen-bond acceptors (Lipinski definition) is 4. The van der Waals surface area contributed by atoms with E-state index in [2.05, 4.69) is 9.97 Å². The number of benzene rings is 3. The summed E-state index contributed by atoms with van der Waals surface area (Å²) in [4.78, 5) is 28.1. The average molecular weight is 442 g/mol. The molecule has 2 heterocycles. The predicted octanol–water partition coefficient (Wildman–Crippen LogP) is 4.93. The molecule has 0 saturated carbocycles. The SMILES string of the molecule is COc1ccc(-c2cc(-c3cccc4ccccc34)c3nc(P(=O)(O)O)ccc3c2)cn1. The molecule has 0 bridgehead atoms. The molecule has 3 aromatic carbocycles. The highest BCUT2D eigenvalue weighted by Gasteiger charge is 2.21. The third-order valence-corrected chi connectivity index (χ3v) is 6.28. The van der Waals surface area contributed by atoms with E-state index in [1.54, 1.807) is 25.4 Å². The fourth-order valence-electron chi connectivity index (χ4n) is 3.89. The Hall–Kier alpha value is -3.57. The molecule has 0 aliphatic rings. The summed E-state index contributed by atoms with van der Waals surface area (Å²) >= 11 is 0. The Morgan fingerprint density at radius 1 is 0.812 bits per heavy atom. The molecule has 0 spiro atoms. The molecule has 32 heavy (non-hydrogen) atoms. The lowest BCUT2D eigenvalue weighted by molar-refractivity contribution is 0.386. The highest BCUT2D eigenvalue weighted by atomic mass is 31.2. The van der Waals surface area contributed by atoms with Crippen LogP contribution >= 0.6 is 7.60 Å². The fourth-order valence-corrected chi connectivity index (χ4v) is 4.39. The zero-order chi connectivity index (χ0) is 22.3. The van der Waals surface area contributed by atoms with Gasteiger partial charge in [0.15, 0.2) is 5.44 Å². The molecule has 0 atom stereocenters. The highest BCUT2D eigenvalue weighted by molar-refractivity contribution is 7.60. The first-order valence-corrected chi connectivity index (χ1v) is 11.5. The van der Waals surface area contributed by atoms with E-state index in [4.69, 9.17) is 4.74 Å². The molecule has 0 unspecified atom stereocenters. The topological polar surface area (TPSA) is 92.5 Å². The first-order chi connectivity index (χ1) is 15.4. The molecule has 2 aromatic heterocycles. The monoisotopic (exact) mass is 442 g/mol. The number of rotatable bonds is 4. The summed E-state index contributed by atoms with van der Waals surface area (Å²) in [6, 6.07) is 24.8. The van der Waals surface area contributed by atoms with Crippen molar-refractivity contribution >= 4 is 34.7 Å². The van der Waals surface area contributed by atoms with Gasteiger partial charge < -0.3 is 14.5 Å². The summed E-state index contributed by atoms with van der Waals surface area (Å²) < 4.78 is 17.1. The molecule has 0 aliphatic carbocycles. The van der Waals surface area contributed by atoms with Crippen LogP contribution in [0.5, 0.6) is 5.88 Å². The van der Waals surface area contributed by atoms with Crippen LogP contribution in [0.25, 0.3) is 43.9 Å². The summed E-state index contributed by atoms with van der Waals surface area (Å²) in [7, 11) is -2.93. The molecule has 0 fully saturated rings. The average Bonchev–Trinajstić information content (AvgIpc) is 2.82. The fraction of sp³-hybridized carbons (Fsp3) is 0.0400. The van der Waals surface area contributed by atoms with Gasteiger partial charge in [0.25, 0.3) is 0 Å². The number of hydrogen-bond donors (Lipinski definition) is 2. The van der Waals surface area contributed by atoms with Gasteiger partial charge in [-0.2, -0.15) is 0 Å². The molecule has 0 radical (unpaired) electrons. The molecule has 0 saturated heterocycles. The third-order valence-electron chi connectivity index (χ3n) is 5.43. The Bertz CT molecular complexity index is 1510. The molecule has 5 rings (SSSR count). The maximum Gasteiger partial charge on any atom is 0.374 e. The van der Waals surface area contributed by atoms with Crippen LogP contribution < -0.4 is 10.2 Å². The van der Waals surface area contributed by atoms with E-state index in [1.165, 1.54) is 6.07 Å². The van der Waals surface area contributed by atoms with E-state index in [0.717, 1.165) is 38.4 Å². The lowest BCUT2D eigenvalue weighted by Crippen LogP contribution is -2.09. The Balaban J connectivity index is 1.83. The van der Waals surface area contributed by atoms with Crippen LogP contribution in [0.2, 0.25) is 0 Å². The highest BCUT2D eigenvalue weighted by Crippen LogP contribution is 2.38. The van der Waals surface area contributed by atoms with Crippen molar-refractivity contribution < 1.29 is 19.1 Å². The summed E-state index contributed by atoms with van der Waals surface area (Å²) in [6.07, 6.45) is 1.74. The van der Waals surface area contributed by atoms with Gasteiger partial charge in [-0.25, -0.2) is 9.97 Å². The van der Waals surface area contributed by atoms with Gasteiger partial charge in [-0.15, -0.1) is 0 Å². The maximum atomic E-state index is 11.9. The minimum atomic E-state index is -4.50. The second-order valence-electron chi connectivity index (χ2n) is 7.42. The van der Waals surface area contributed by atoms with E-state index in [9.17, 15) is 14.4 Å². The molecule has 2 N–H and O–H groups in total. The molecule has 7 heteroatoms. The zero-order valence-electron chi connectivity index (χ0n) is 17.1. The molecule has 0 amide bonds. The quantitative estimate of drug-likeness (QED) is 0.384. The smallest absolute Gasteiger partial charge is 0.374 e. The maximum absolute atomic E-state index is 11.9. The number of aromatic nitrogens is 2. The lowest BCUT2D eigenvalue weighted by Gasteiger charge is -2.14. The number of pyridine rings is 2. The van der Waals surface area contributed by atoms with Crippen LogP contribution in [0, 0.1) is 0 Å². The van der Waals surface area contributed by atoms with Gasteiger partial charge in [-0.1, -0.05) is 48.5 Å². The van der Waals surface area contributed by atoms with Crippen molar-refractivity contribution in [3.8, 4) is 28.1 Å². The summed E-state index contributed by atoms with van der Waals surface area (Å²) in [6.45, 7) is 0. The number of nitrogens with zero attached hydrogens (tertiary/aromatic N) is 2. The van der Waals surface area contributed by atoms with Crippen LogP contribution in [0.1, 0.15) is 0 Å². The molecule has 0 aliphatic heterocycles. The standard InChI is InChI=1S/C25H19N2O4P/c1-31-23-11-9-18(15-26-23)19-13-17-10-12-24(32(28,29)30)27-25(17)22(14-19)21-8-4-6-16-5-2-3-7-20(16)21/h2-15H,1H3,(H2,28,29,30). The Labute approximate surface area is 184 Å². The van der Waals surface area contributed by atoms with Gasteiger partial charge in [0.2, 0.25) is 5.88 Å². The van der Waals surface area contributed by atoms with Crippen molar-refractivity contribution in [3.63, 3.8) is 0 Å². The van der Waals surface area contributed by atoms with Crippen LogP contribution in [-0.4, -0.2) is 26.9 Å². The first kappa shape index (κ1) is 20.3. The van der Waals surface area contributed by atoms with E-state index in [0.29, 0.717) is 11.4 Å². The number of ether oxygens (including phenoxy) is 1. The van der Waals surface area contributed by atoms with E-state index >= 15 is 0 Å². The molecule has 5 aromatic rings. The second kappa shape index (κ2) is 7.84. The van der Waals surface area contributed by atoms with Crippen molar-refractivity contribution in [2.45, 2.75) is 0 Å². The van der Waals surface area contributed by atoms with Gasteiger partial charge in [-0.3, -0.25) is 4.57 Å². The van der Waals surface area contributed by atoms with Gasteiger partial charge in [0.1, 0.15) is 0 Å². The number of fused-ring (bicyclic) bond motifs is 2. The molecule has 158 valence electrons. The first-order valence-electron chi connectivity index (χ1n) is 9.93. The predicted molar refractivity (Wildman–Crippen MR) is 126 cm³/mol. The Morgan fingerprint density at radius 2 is 1.62 bits per heavy atom. The number of methoxy groups -OCH3 is 1. The van der Waals surface area contributed by atoms with Crippen LogP contribution in [0.4, 0.5) is 0 Å². The van der Waals surface area contributed by atoms with E-state index in [-0.39, 0.29) is 5.44 Å². The van der Waals surface area contributed by atoms with Gasteiger partial charge >= 0.3 is 7.60 Å². The van der Waals surface area contributed by atoms with Crippen molar-refractivity contribution in [2.24, 2.45) is 0 Å². The second-order valence-corrected chi connectivity index (χ2v) is 8.97. The van der Waals surface area contributed by atoms with E-state index in [1.807, 2.05) is 60.7 Å². The van der Waals surface area contributed by atoms with Crippen molar-refractivity contribution in [2.75, 3.05) is 7.11 Å². The summed E-state index contributed by atoms with van der Waals surface area (Å²) in [5.74, 6) is 0.525. The molecule has 6 nitrogen and oxygen atoms in total. The molecular weight excluding hydrogens is 423 g/mol. The van der Waals surface area contributed by atoms with E-state index < -0.39 is 7.60 Å². The minimum absolute atomic E-state index is 0.245. The van der Waals surface area contributed by atoms with Crippen LogP contribution in [0.15, 0.2) is 85.1 Å². The molecular formula is C25H19N2O4P. The summed E-state index contributed by atoms with van der Waals surface area (Å²) in [5.41, 5.74) is 3.83. The normalized spacial score (nSPS) is 11.7. The Kier molecular flexibility index (Phi) is 4.98. The van der Waals surface area contributed by atoms with Gasteiger partial charge in [0, 0.05) is 28.8 Å². The largest absolute Gasteiger partial charge is 0.481 e. The third kappa shape index (κ3) is 3.65. The lowest BCUT2D eigenvalue weighted by atomic mass is 9.93. The van der Waals surface area contributed by atoms with Crippen molar-refractivity contribution in [3.05, 3.63) is 85.1 Å². The minimum Gasteiger partial charge on any atom is -0.481 e. The van der Waals surface area contributed by atoms with Crippen LogP contribution in [0.3, 0.4) is 0 Å².